The summed E-state index contributed by atoms with van der Waals surface area (Å²) in [5.74, 6) is 2.56. The van der Waals surface area contributed by atoms with Gasteiger partial charge in [-0.2, -0.15) is 5.10 Å². The summed E-state index contributed by atoms with van der Waals surface area (Å²) in [7, 11) is 1.79. The quantitative estimate of drug-likeness (QED) is 0.871. The van der Waals surface area contributed by atoms with Crippen LogP contribution in [0.2, 0.25) is 0 Å². The molecule has 4 nitrogen and oxygen atoms in total. The lowest BCUT2D eigenvalue weighted by molar-refractivity contribution is 0.0533. The maximum Gasteiger partial charge on any atom is 0.124 e. The SMILES string of the molecule is COc1cc2c(cnn2[C@@H]2CN3CCC2CC3)cc1C1CC1. The van der Waals surface area contributed by atoms with Gasteiger partial charge in [0, 0.05) is 18.0 Å². The number of methoxy groups -OCH3 is 1. The molecule has 3 saturated heterocycles. The Morgan fingerprint density at radius 1 is 1.14 bits per heavy atom. The molecule has 0 spiro atoms. The van der Waals surface area contributed by atoms with Crippen LogP contribution in [0.25, 0.3) is 10.9 Å². The van der Waals surface area contributed by atoms with Crippen LogP contribution < -0.4 is 4.74 Å². The van der Waals surface area contributed by atoms with Crippen molar-refractivity contribution in [2.24, 2.45) is 5.92 Å². The summed E-state index contributed by atoms with van der Waals surface area (Å²) in [4.78, 5) is 2.59. The van der Waals surface area contributed by atoms with Gasteiger partial charge in [-0.05, 0) is 62.2 Å². The molecular weight excluding hydrogens is 274 g/mol. The van der Waals surface area contributed by atoms with Gasteiger partial charge in [-0.25, -0.2) is 0 Å². The average molecular weight is 297 g/mol. The fourth-order valence-electron chi connectivity index (χ4n) is 4.46. The van der Waals surface area contributed by atoms with E-state index < -0.39 is 0 Å². The lowest BCUT2D eigenvalue weighted by Crippen LogP contribution is -2.48. The number of benzene rings is 1. The van der Waals surface area contributed by atoms with E-state index in [1.165, 1.54) is 55.2 Å². The maximum atomic E-state index is 5.68. The van der Waals surface area contributed by atoms with Gasteiger partial charge in [-0.1, -0.05) is 0 Å². The first-order chi connectivity index (χ1) is 10.8. The van der Waals surface area contributed by atoms with Gasteiger partial charge < -0.3 is 9.64 Å². The van der Waals surface area contributed by atoms with Gasteiger partial charge in [0.25, 0.3) is 0 Å². The molecule has 1 atom stereocenters. The molecule has 1 saturated carbocycles. The van der Waals surface area contributed by atoms with Crippen LogP contribution in [0.5, 0.6) is 5.75 Å². The topological polar surface area (TPSA) is 30.3 Å². The number of piperidine rings is 3. The van der Waals surface area contributed by atoms with Crippen LogP contribution in [-0.4, -0.2) is 41.4 Å². The number of ether oxygens (including phenoxy) is 1. The second-order valence-corrected chi connectivity index (χ2v) is 7.22. The third kappa shape index (κ3) is 1.89. The Bertz CT molecular complexity index is 710. The van der Waals surface area contributed by atoms with Crippen molar-refractivity contribution >= 4 is 10.9 Å². The highest BCUT2D eigenvalue weighted by atomic mass is 16.5. The zero-order valence-electron chi connectivity index (χ0n) is 13.2. The summed E-state index contributed by atoms with van der Waals surface area (Å²) in [6.45, 7) is 3.71. The number of rotatable bonds is 3. The van der Waals surface area contributed by atoms with Crippen LogP contribution in [0.3, 0.4) is 0 Å². The molecule has 116 valence electrons. The summed E-state index contributed by atoms with van der Waals surface area (Å²) < 4.78 is 7.96. The highest BCUT2D eigenvalue weighted by molar-refractivity contribution is 5.82. The molecular formula is C18H23N3O. The highest BCUT2D eigenvalue weighted by Crippen LogP contribution is 2.46. The summed E-state index contributed by atoms with van der Waals surface area (Å²) in [5.41, 5.74) is 2.63. The normalized spacial score (nSPS) is 30.9. The van der Waals surface area contributed by atoms with Crippen LogP contribution in [0.15, 0.2) is 18.3 Å². The van der Waals surface area contributed by atoms with E-state index in [0.29, 0.717) is 12.0 Å². The Morgan fingerprint density at radius 3 is 2.59 bits per heavy atom. The number of hydrogen-bond donors (Lipinski definition) is 0. The third-order valence-electron chi connectivity index (χ3n) is 5.90. The van der Waals surface area contributed by atoms with E-state index in [2.05, 4.69) is 27.9 Å². The Kier molecular flexibility index (Phi) is 2.78. The van der Waals surface area contributed by atoms with E-state index in [1.807, 2.05) is 0 Å². The Balaban J connectivity index is 1.60. The van der Waals surface area contributed by atoms with Crippen LogP contribution in [-0.2, 0) is 0 Å². The van der Waals surface area contributed by atoms with Gasteiger partial charge in [0.15, 0.2) is 0 Å². The van der Waals surface area contributed by atoms with Crippen molar-refractivity contribution in [1.82, 2.24) is 14.7 Å². The van der Waals surface area contributed by atoms with E-state index >= 15 is 0 Å². The van der Waals surface area contributed by atoms with Crippen molar-refractivity contribution in [1.29, 1.82) is 0 Å². The highest BCUT2D eigenvalue weighted by Gasteiger charge is 2.36. The molecule has 4 heteroatoms. The van der Waals surface area contributed by atoms with Gasteiger partial charge in [0.2, 0.25) is 0 Å². The predicted molar refractivity (Wildman–Crippen MR) is 86.5 cm³/mol. The second-order valence-electron chi connectivity index (χ2n) is 7.22. The lowest BCUT2D eigenvalue weighted by atomic mass is 9.84. The van der Waals surface area contributed by atoms with Gasteiger partial charge >= 0.3 is 0 Å². The third-order valence-corrected chi connectivity index (χ3v) is 5.90. The number of fused-ring (bicyclic) bond motifs is 4. The van der Waals surface area contributed by atoms with Crippen LogP contribution in [0.4, 0.5) is 0 Å². The van der Waals surface area contributed by atoms with Crippen LogP contribution >= 0.6 is 0 Å². The Labute approximate surface area is 131 Å². The first kappa shape index (κ1) is 12.9. The second kappa shape index (κ2) is 4.72. The molecule has 0 N–H and O–H groups in total. The van der Waals surface area contributed by atoms with E-state index in [4.69, 9.17) is 9.84 Å². The predicted octanol–water partition coefficient (Wildman–Crippen LogP) is 3.19. The zero-order chi connectivity index (χ0) is 14.7. The fourth-order valence-corrected chi connectivity index (χ4v) is 4.46. The van der Waals surface area contributed by atoms with Gasteiger partial charge in [-0.3, -0.25) is 4.68 Å². The standard InChI is InChI=1S/C18H23N3O/c1-22-18-9-16-14(8-15(18)12-2-3-12)10-19-21(16)17-11-20-6-4-13(17)5-7-20/h8-10,12-13,17H,2-7,11H2,1H3/t17-/m1/s1. The molecule has 0 unspecified atom stereocenters. The molecule has 4 heterocycles. The van der Waals surface area contributed by atoms with E-state index in [1.54, 1.807) is 7.11 Å². The Hall–Kier alpha value is -1.55. The molecule has 2 aromatic rings. The molecule has 22 heavy (non-hydrogen) atoms. The molecule has 6 rings (SSSR count). The maximum absolute atomic E-state index is 5.68. The van der Waals surface area contributed by atoms with E-state index in [0.717, 1.165) is 18.2 Å². The number of hydrogen-bond acceptors (Lipinski definition) is 3. The molecule has 4 fully saturated rings. The average Bonchev–Trinajstić information content (AvgIpc) is 3.34. The molecule has 3 aliphatic heterocycles. The molecule has 2 bridgehead atoms. The minimum Gasteiger partial charge on any atom is -0.496 e. The molecule has 1 aromatic carbocycles. The van der Waals surface area contributed by atoms with Crippen LogP contribution in [0, 0.1) is 5.92 Å². The van der Waals surface area contributed by atoms with Crippen molar-refractivity contribution in [3.05, 3.63) is 23.9 Å². The minimum absolute atomic E-state index is 0.538. The first-order valence-corrected chi connectivity index (χ1v) is 8.61. The van der Waals surface area contributed by atoms with Crippen molar-refractivity contribution in [3.63, 3.8) is 0 Å². The minimum atomic E-state index is 0.538. The van der Waals surface area contributed by atoms with Gasteiger partial charge in [-0.15, -0.1) is 0 Å². The van der Waals surface area contributed by atoms with Gasteiger partial charge in [0.1, 0.15) is 5.75 Å². The van der Waals surface area contributed by atoms with Crippen molar-refractivity contribution in [3.8, 4) is 5.75 Å². The van der Waals surface area contributed by atoms with E-state index in [-0.39, 0.29) is 0 Å². The molecule has 0 radical (unpaired) electrons. The van der Waals surface area contributed by atoms with Crippen molar-refractivity contribution in [2.45, 2.75) is 37.6 Å². The fraction of sp³-hybridized carbons (Fsp3) is 0.611. The zero-order valence-corrected chi connectivity index (χ0v) is 13.2. The van der Waals surface area contributed by atoms with Crippen molar-refractivity contribution < 1.29 is 4.74 Å². The number of aromatic nitrogens is 2. The largest absolute Gasteiger partial charge is 0.496 e. The summed E-state index contributed by atoms with van der Waals surface area (Å²) >= 11 is 0. The summed E-state index contributed by atoms with van der Waals surface area (Å²) in [6.07, 6.45) is 7.30. The molecule has 0 amide bonds. The number of nitrogens with zero attached hydrogens (tertiary/aromatic N) is 3. The monoisotopic (exact) mass is 297 g/mol. The lowest BCUT2D eigenvalue weighted by Gasteiger charge is -2.44. The molecule has 1 aliphatic carbocycles. The van der Waals surface area contributed by atoms with Crippen molar-refractivity contribution in [2.75, 3.05) is 26.7 Å². The summed E-state index contributed by atoms with van der Waals surface area (Å²) in [6, 6.07) is 5.08. The smallest absolute Gasteiger partial charge is 0.124 e. The van der Waals surface area contributed by atoms with Gasteiger partial charge in [0.05, 0.1) is 24.9 Å². The Morgan fingerprint density at radius 2 is 1.95 bits per heavy atom. The van der Waals surface area contributed by atoms with Crippen LogP contribution in [0.1, 0.15) is 43.2 Å². The first-order valence-electron chi connectivity index (χ1n) is 8.61. The van der Waals surface area contributed by atoms with E-state index in [9.17, 15) is 0 Å². The molecule has 4 aliphatic rings. The summed E-state index contributed by atoms with van der Waals surface area (Å²) in [5, 5.41) is 6.05. The molecule has 1 aromatic heterocycles.